The van der Waals surface area contributed by atoms with Crippen LogP contribution in [0.15, 0.2) is 48.7 Å². The highest BCUT2D eigenvalue weighted by atomic mass is 15.2. The Morgan fingerprint density at radius 3 is 2.50 bits per heavy atom. The van der Waals surface area contributed by atoms with Crippen LogP contribution >= 0.6 is 0 Å². The number of aryl methyl sites for hydroxylation is 3. The van der Waals surface area contributed by atoms with E-state index in [1.165, 1.54) is 52.3 Å². The zero-order chi connectivity index (χ0) is 16.7. The van der Waals surface area contributed by atoms with Crippen LogP contribution in [0.3, 0.4) is 0 Å². The summed E-state index contributed by atoms with van der Waals surface area (Å²) < 4.78 is 4.95. The van der Waals surface area contributed by atoms with Crippen molar-refractivity contribution >= 4 is 0 Å². The fraction of sp³-hybridized carbons (Fsp3) is 0.318. The molecule has 0 atom stereocenters. The highest BCUT2D eigenvalue weighted by Crippen LogP contribution is 2.33. The van der Waals surface area contributed by atoms with Gasteiger partial charge in [0, 0.05) is 12.0 Å². The summed E-state index contributed by atoms with van der Waals surface area (Å²) >= 11 is 0. The van der Waals surface area contributed by atoms with E-state index in [1.54, 1.807) is 0 Å². The van der Waals surface area contributed by atoms with Gasteiger partial charge in [-0.25, -0.2) is 4.57 Å². The van der Waals surface area contributed by atoms with Gasteiger partial charge in [-0.2, -0.15) is 4.57 Å². The Morgan fingerprint density at radius 1 is 1.00 bits per heavy atom. The minimum absolute atomic E-state index is 0.989. The number of benzene rings is 2. The molecule has 0 saturated heterocycles. The molecular weight excluding hydrogens is 292 g/mol. The standard InChI is InChI=1S/C22H25N2/c1-4-5-12-19-15-23-14-18-11-6-7-13-20(18)22(23)24(19)21-16(2)9-8-10-17(21)3/h6-11,13,15H,4-5,12,14H2,1-3H3/q+1. The molecule has 1 aromatic heterocycles. The van der Waals surface area contributed by atoms with Crippen molar-refractivity contribution in [2.24, 2.45) is 0 Å². The zero-order valence-corrected chi connectivity index (χ0v) is 14.8. The van der Waals surface area contributed by atoms with Gasteiger partial charge < -0.3 is 0 Å². The van der Waals surface area contributed by atoms with Crippen LogP contribution < -0.4 is 4.57 Å². The largest absolute Gasteiger partial charge is 0.295 e. The molecule has 4 rings (SSSR count). The average Bonchev–Trinajstić information content (AvgIpc) is 3.09. The molecule has 2 heteroatoms. The summed E-state index contributed by atoms with van der Waals surface area (Å²) in [5.41, 5.74) is 8.28. The third-order valence-electron chi connectivity index (χ3n) is 5.12. The molecule has 0 unspecified atom stereocenters. The van der Waals surface area contributed by atoms with Gasteiger partial charge in [0.2, 0.25) is 0 Å². The van der Waals surface area contributed by atoms with Gasteiger partial charge in [0.1, 0.15) is 24.1 Å². The van der Waals surface area contributed by atoms with E-state index < -0.39 is 0 Å². The van der Waals surface area contributed by atoms with Crippen LogP contribution in [0.2, 0.25) is 0 Å². The second-order valence-electron chi connectivity index (χ2n) is 6.91. The number of fused-ring (bicyclic) bond motifs is 3. The van der Waals surface area contributed by atoms with Crippen molar-refractivity contribution in [1.29, 1.82) is 0 Å². The Kier molecular flexibility index (Phi) is 3.76. The molecule has 0 saturated carbocycles. The molecule has 2 nitrogen and oxygen atoms in total. The molecule has 0 amide bonds. The smallest absolute Gasteiger partial charge is 0.225 e. The lowest BCUT2D eigenvalue weighted by Crippen LogP contribution is -2.30. The lowest BCUT2D eigenvalue weighted by molar-refractivity contribution is -0.671. The first-order valence-corrected chi connectivity index (χ1v) is 8.99. The first-order valence-electron chi connectivity index (χ1n) is 8.99. The summed E-state index contributed by atoms with van der Waals surface area (Å²) in [7, 11) is 0. The molecule has 1 aliphatic heterocycles. The third-order valence-corrected chi connectivity index (χ3v) is 5.12. The normalized spacial score (nSPS) is 12.3. The molecule has 0 spiro atoms. The maximum atomic E-state index is 2.52. The Labute approximate surface area is 144 Å². The lowest BCUT2D eigenvalue weighted by atomic mass is 10.1. The Balaban J connectivity index is 1.99. The van der Waals surface area contributed by atoms with Gasteiger partial charge in [-0.1, -0.05) is 49.7 Å². The predicted octanol–water partition coefficient (Wildman–Crippen LogP) is 4.75. The Bertz CT molecular complexity index is 882. The minimum Gasteiger partial charge on any atom is -0.225 e. The van der Waals surface area contributed by atoms with Gasteiger partial charge in [0.25, 0.3) is 5.82 Å². The molecule has 2 aromatic carbocycles. The molecule has 122 valence electrons. The van der Waals surface area contributed by atoms with Crippen LogP contribution in [0.25, 0.3) is 17.1 Å². The summed E-state index contributed by atoms with van der Waals surface area (Å²) in [6.07, 6.45) is 5.96. The first kappa shape index (κ1) is 15.2. The Morgan fingerprint density at radius 2 is 1.75 bits per heavy atom. The van der Waals surface area contributed by atoms with Crippen molar-refractivity contribution in [3.8, 4) is 17.1 Å². The van der Waals surface area contributed by atoms with Crippen molar-refractivity contribution in [3.05, 3.63) is 71.0 Å². The highest BCUT2D eigenvalue weighted by Gasteiger charge is 2.33. The first-order chi connectivity index (χ1) is 11.7. The number of hydrogen-bond acceptors (Lipinski definition) is 0. The summed E-state index contributed by atoms with van der Waals surface area (Å²) in [5, 5.41) is 0. The van der Waals surface area contributed by atoms with Gasteiger partial charge in [-0.15, -0.1) is 0 Å². The predicted molar refractivity (Wildman–Crippen MR) is 98.6 cm³/mol. The minimum atomic E-state index is 0.989. The van der Waals surface area contributed by atoms with Gasteiger partial charge in [0.15, 0.2) is 0 Å². The van der Waals surface area contributed by atoms with Crippen LogP contribution in [-0.2, 0) is 13.0 Å². The number of unbranched alkanes of at least 4 members (excludes halogenated alkanes) is 1. The monoisotopic (exact) mass is 317 g/mol. The maximum Gasteiger partial charge on any atom is 0.295 e. The van der Waals surface area contributed by atoms with E-state index >= 15 is 0 Å². The van der Waals surface area contributed by atoms with Gasteiger partial charge >= 0.3 is 0 Å². The van der Waals surface area contributed by atoms with Crippen molar-refractivity contribution in [1.82, 2.24) is 4.57 Å². The molecule has 0 radical (unpaired) electrons. The SMILES string of the molecule is CCCCc1c[n+]2c(n1-c1c(C)cccc1C)-c1ccccc1C2. The molecule has 0 fully saturated rings. The number of hydrogen-bond donors (Lipinski definition) is 0. The van der Waals surface area contributed by atoms with E-state index in [9.17, 15) is 0 Å². The molecule has 1 aliphatic rings. The Hall–Kier alpha value is -2.35. The second-order valence-corrected chi connectivity index (χ2v) is 6.91. The fourth-order valence-corrected chi connectivity index (χ4v) is 3.96. The van der Waals surface area contributed by atoms with Crippen LogP contribution in [-0.4, -0.2) is 4.57 Å². The molecular formula is C22H25N2+. The topological polar surface area (TPSA) is 8.81 Å². The molecule has 2 heterocycles. The fourth-order valence-electron chi connectivity index (χ4n) is 3.96. The summed E-state index contributed by atoms with van der Waals surface area (Å²) in [6, 6.07) is 15.4. The van der Waals surface area contributed by atoms with E-state index in [0.29, 0.717) is 0 Å². The van der Waals surface area contributed by atoms with Crippen LogP contribution in [0, 0.1) is 13.8 Å². The van der Waals surface area contributed by atoms with E-state index in [1.807, 2.05) is 0 Å². The van der Waals surface area contributed by atoms with Crippen LogP contribution in [0.1, 0.15) is 42.1 Å². The van der Waals surface area contributed by atoms with Crippen molar-refractivity contribution in [3.63, 3.8) is 0 Å². The highest BCUT2D eigenvalue weighted by molar-refractivity contribution is 5.65. The molecule has 0 N–H and O–H groups in total. The summed E-state index contributed by atoms with van der Waals surface area (Å²) in [6.45, 7) is 7.71. The number of para-hydroxylation sites is 1. The summed E-state index contributed by atoms with van der Waals surface area (Å²) in [5.74, 6) is 1.34. The number of rotatable bonds is 4. The van der Waals surface area contributed by atoms with Crippen molar-refractivity contribution in [2.45, 2.75) is 46.6 Å². The van der Waals surface area contributed by atoms with Crippen molar-refractivity contribution < 1.29 is 4.57 Å². The van der Waals surface area contributed by atoms with E-state index in [-0.39, 0.29) is 0 Å². The van der Waals surface area contributed by atoms with Crippen LogP contribution in [0.5, 0.6) is 0 Å². The van der Waals surface area contributed by atoms with E-state index in [4.69, 9.17) is 0 Å². The van der Waals surface area contributed by atoms with Gasteiger partial charge in [-0.3, -0.25) is 0 Å². The number of aromatic nitrogens is 2. The second kappa shape index (κ2) is 5.94. The van der Waals surface area contributed by atoms with Crippen LogP contribution in [0.4, 0.5) is 0 Å². The van der Waals surface area contributed by atoms with Gasteiger partial charge in [0.05, 0.1) is 5.56 Å². The maximum absolute atomic E-state index is 2.52. The van der Waals surface area contributed by atoms with E-state index in [0.717, 1.165) is 13.0 Å². The summed E-state index contributed by atoms with van der Waals surface area (Å²) in [4.78, 5) is 0. The zero-order valence-electron chi connectivity index (χ0n) is 14.8. The lowest BCUT2D eigenvalue weighted by Gasteiger charge is -2.10. The molecule has 24 heavy (non-hydrogen) atoms. The number of imidazole rings is 1. The quantitative estimate of drug-likeness (QED) is 0.480. The molecule has 0 aliphatic carbocycles. The third kappa shape index (κ3) is 2.29. The molecule has 3 aromatic rings. The molecule has 0 bridgehead atoms. The van der Waals surface area contributed by atoms with E-state index in [2.05, 4.69) is 78.6 Å². The van der Waals surface area contributed by atoms with Gasteiger partial charge in [-0.05, 0) is 37.5 Å². The average molecular weight is 317 g/mol. The van der Waals surface area contributed by atoms with Crippen molar-refractivity contribution in [2.75, 3.05) is 0 Å². The number of nitrogens with zero attached hydrogens (tertiary/aromatic N) is 2.